The second-order valence-electron chi connectivity index (χ2n) is 5.11. The number of ether oxygens (including phenoxy) is 1. The van der Waals surface area contributed by atoms with Gasteiger partial charge in [0, 0.05) is 26.1 Å². The Hall–Kier alpha value is -2.26. The van der Waals surface area contributed by atoms with E-state index in [1.165, 1.54) is 0 Å². The van der Waals surface area contributed by atoms with Gasteiger partial charge in [0.2, 0.25) is 11.8 Å². The quantitative estimate of drug-likeness (QED) is 0.253. The summed E-state index contributed by atoms with van der Waals surface area (Å²) in [6.07, 6.45) is 0.244. The average molecular weight is 340 g/mol. The van der Waals surface area contributed by atoms with Crippen molar-refractivity contribution in [2.45, 2.75) is 25.8 Å². The van der Waals surface area contributed by atoms with Crippen molar-refractivity contribution >= 4 is 23.6 Å². The van der Waals surface area contributed by atoms with Crippen LogP contribution in [0.1, 0.15) is 19.8 Å². The number of nitrogens with zero attached hydrogens (tertiary/aromatic N) is 1. The van der Waals surface area contributed by atoms with Crippen molar-refractivity contribution < 1.29 is 23.9 Å². The highest BCUT2D eigenvalue weighted by atomic mass is 16.5. The van der Waals surface area contributed by atoms with Crippen molar-refractivity contribution in [2.75, 3.05) is 33.4 Å². The summed E-state index contributed by atoms with van der Waals surface area (Å²) in [4.78, 5) is 48.0. The van der Waals surface area contributed by atoms with E-state index >= 15 is 0 Å². The number of amides is 4. The molecule has 1 fully saturated rings. The molecule has 0 aromatic carbocycles. The van der Waals surface area contributed by atoms with Gasteiger partial charge in [0.1, 0.15) is 5.70 Å². The fraction of sp³-hybridized carbons (Fsp3) is 0.600. The predicted octanol–water partition coefficient (Wildman–Crippen LogP) is -1.49. The molecule has 9 nitrogen and oxygen atoms in total. The zero-order valence-electron chi connectivity index (χ0n) is 14.0. The lowest BCUT2D eigenvalue weighted by atomic mass is 10.2. The molecule has 9 heteroatoms. The van der Waals surface area contributed by atoms with Crippen LogP contribution in [0.3, 0.4) is 0 Å². The first-order valence-electron chi connectivity index (χ1n) is 7.78. The van der Waals surface area contributed by atoms with Gasteiger partial charge >= 0.3 is 0 Å². The Bertz CT molecular complexity index is 520. The molecule has 0 aromatic heterocycles. The lowest BCUT2D eigenvalue weighted by molar-refractivity contribution is -0.139. The minimum Gasteiger partial charge on any atom is -0.381 e. The van der Waals surface area contributed by atoms with E-state index in [0.717, 1.165) is 4.90 Å². The molecule has 1 aliphatic rings. The molecule has 1 saturated heterocycles. The fourth-order valence-electron chi connectivity index (χ4n) is 2.12. The van der Waals surface area contributed by atoms with E-state index in [-0.39, 0.29) is 37.5 Å². The van der Waals surface area contributed by atoms with Gasteiger partial charge < -0.3 is 20.7 Å². The summed E-state index contributed by atoms with van der Waals surface area (Å²) in [5.41, 5.74) is -0.217. The summed E-state index contributed by atoms with van der Waals surface area (Å²) in [7, 11) is 1.57. The van der Waals surface area contributed by atoms with Crippen LogP contribution in [0.2, 0.25) is 0 Å². The zero-order valence-corrected chi connectivity index (χ0v) is 14.0. The molecular weight excluding hydrogens is 316 g/mol. The number of hydrogen-bond acceptors (Lipinski definition) is 6. The third kappa shape index (κ3) is 5.43. The summed E-state index contributed by atoms with van der Waals surface area (Å²) in [5.74, 6) is -1.77. The van der Waals surface area contributed by atoms with Crippen molar-refractivity contribution in [3.63, 3.8) is 0 Å². The van der Waals surface area contributed by atoms with Crippen molar-refractivity contribution in [1.82, 2.24) is 20.9 Å². The first-order valence-corrected chi connectivity index (χ1v) is 7.78. The SMILES string of the molecule is C=C(C(=O)NCCNC(=O)CCOCC)N1C(=O)CC(NC)C1=O. The van der Waals surface area contributed by atoms with E-state index in [9.17, 15) is 19.2 Å². The molecule has 1 rings (SSSR count). The number of imide groups is 1. The predicted molar refractivity (Wildman–Crippen MR) is 85.6 cm³/mol. The molecule has 0 aromatic rings. The van der Waals surface area contributed by atoms with E-state index in [2.05, 4.69) is 22.5 Å². The maximum Gasteiger partial charge on any atom is 0.267 e. The van der Waals surface area contributed by atoms with Crippen LogP contribution >= 0.6 is 0 Å². The molecule has 0 spiro atoms. The number of likely N-dealkylation sites (N-methyl/N-ethyl adjacent to an activating group) is 1. The molecule has 0 saturated carbocycles. The van der Waals surface area contributed by atoms with Crippen LogP contribution in [0.4, 0.5) is 0 Å². The van der Waals surface area contributed by atoms with Crippen LogP contribution in [0.25, 0.3) is 0 Å². The van der Waals surface area contributed by atoms with E-state index in [0.29, 0.717) is 13.2 Å². The highest BCUT2D eigenvalue weighted by Gasteiger charge is 2.40. The van der Waals surface area contributed by atoms with Crippen LogP contribution < -0.4 is 16.0 Å². The normalized spacial score (nSPS) is 17.1. The van der Waals surface area contributed by atoms with E-state index in [4.69, 9.17) is 4.74 Å². The highest BCUT2D eigenvalue weighted by Crippen LogP contribution is 2.17. The summed E-state index contributed by atoms with van der Waals surface area (Å²) < 4.78 is 5.06. The monoisotopic (exact) mass is 340 g/mol. The van der Waals surface area contributed by atoms with Crippen molar-refractivity contribution in [2.24, 2.45) is 0 Å². The molecule has 24 heavy (non-hydrogen) atoms. The Morgan fingerprint density at radius 1 is 1.29 bits per heavy atom. The number of nitrogens with one attached hydrogen (secondary N) is 3. The van der Waals surface area contributed by atoms with Gasteiger partial charge in [0.25, 0.3) is 11.8 Å². The number of likely N-dealkylation sites (tertiary alicyclic amines) is 1. The number of rotatable bonds is 10. The molecule has 0 aliphatic carbocycles. The fourth-order valence-corrected chi connectivity index (χ4v) is 2.12. The maximum absolute atomic E-state index is 12.0. The highest BCUT2D eigenvalue weighted by molar-refractivity contribution is 6.12. The van der Waals surface area contributed by atoms with Gasteiger partial charge in [0.15, 0.2) is 0 Å². The average Bonchev–Trinajstić information content (AvgIpc) is 2.84. The molecule has 0 radical (unpaired) electrons. The molecule has 1 aliphatic heterocycles. The second-order valence-corrected chi connectivity index (χ2v) is 5.11. The summed E-state index contributed by atoms with van der Waals surface area (Å²) in [5, 5.41) is 7.83. The van der Waals surface area contributed by atoms with Crippen LogP contribution in [-0.2, 0) is 23.9 Å². The molecule has 1 heterocycles. The number of carbonyl (C=O) groups excluding carboxylic acids is 4. The van der Waals surface area contributed by atoms with Crippen LogP contribution in [0.5, 0.6) is 0 Å². The van der Waals surface area contributed by atoms with Crippen molar-refractivity contribution in [3.05, 3.63) is 12.3 Å². The van der Waals surface area contributed by atoms with E-state index in [1.54, 1.807) is 7.05 Å². The van der Waals surface area contributed by atoms with Gasteiger partial charge in [0.05, 0.1) is 19.1 Å². The van der Waals surface area contributed by atoms with Gasteiger partial charge in [-0.05, 0) is 14.0 Å². The van der Waals surface area contributed by atoms with Gasteiger partial charge in [-0.3, -0.25) is 19.2 Å². The molecule has 134 valence electrons. The Balaban J connectivity index is 2.33. The van der Waals surface area contributed by atoms with Crippen molar-refractivity contribution in [3.8, 4) is 0 Å². The minimum absolute atomic E-state index is 0.00246. The Morgan fingerprint density at radius 2 is 1.96 bits per heavy atom. The lowest BCUT2D eigenvalue weighted by Crippen LogP contribution is -2.42. The second kappa shape index (κ2) is 9.78. The first-order chi connectivity index (χ1) is 11.4. The summed E-state index contributed by atoms with van der Waals surface area (Å²) in [6.45, 7) is 6.63. The topological polar surface area (TPSA) is 117 Å². The smallest absolute Gasteiger partial charge is 0.267 e. The minimum atomic E-state index is -0.633. The maximum atomic E-state index is 12.0. The first kappa shape index (κ1) is 19.8. The van der Waals surface area contributed by atoms with Crippen LogP contribution in [0, 0.1) is 0 Å². The molecule has 4 amide bonds. The third-order valence-corrected chi connectivity index (χ3v) is 3.44. The lowest BCUT2D eigenvalue weighted by Gasteiger charge is -2.17. The van der Waals surface area contributed by atoms with Gasteiger partial charge in [-0.25, -0.2) is 4.90 Å². The standard InChI is InChI=1S/C15H24N4O5/c1-4-24-8-5-12(20)17-6-7-18-14(22)10(2)19-13(21)9-11(16-3)15(19)23/h11,16H,2,4-9H2,1,3H3,(H,17,20)(H,18,22). The summed E-state index contributed by atoms with van der Waals surface area (Å²) in [6, 6.07) is -0.633. The molecule has 1 atom stereocenters. The molecule has 1 unspecified atom stereocenters. The van der Waals surface area contributed by atoms with E-state index in [1.807, 2.05) is 6.92 Å². The number of carbonyl (C=O) groups is 4. The zero-order chi connectivity index (χ0) is 18.1. The Labute approximate surface area is 140 Å². The third-order valence-electron chi connectivity index (χ3n) is 3.44. The largest absolute Gasteiger partial charge is 0.381 e. The van der Waals surface area contributed by atoms with Crippen LogP contribution in [-0.4, -0.2) is 67.9 Å². The molecule has 0 bridgehead atoms. The van der Waals surface area contributed by atoms with E-state index < -0.39 is 23.8 Å². The van der Waals surface area contributed by atoms with Gasteiger partial charge in [-0.1, -0.05) is 6.58 Å². The van der Waals surface area contributed by atoms with Crippen LogP contribution in [0.15, 0.2) is 12.3 Å². The Morgan fingerprint density at radius 3 is 2.54 bits per heavy atom. The Kier molecular flexibility index (Phi) is 8.07. The summed E-state index contributed by atoms with van der Waals surface area (Å²) >= 11 is 0. The number of hydrogen-bond donors (Lipinski definition) is 3. The molecular formula is C15H24N4O5. The van der Waals surface area contributed by atoms with Gasteiger partial charge in [-0.2, -0.15) is 0 Å². The van der Waals surface area contributed by atoms with Crippen molar-refractivity contribution in [1.29, 1.82) is 0 Å². The molecule has 3 N–H and O–H groups in total. The van der Waals surface area contributed by atoms with Gasteiger partial charge in [-0.15, -0.1) is 0 Å².